The van der Waals surface area contributed by atoms with Gasteiger partial charge in [0.2, 0.25) is 0 Å². The first kappa shape index (κ1) is 11.1. The van der Waals surface area contributed by atoms with Crippen LogP contribution in [-0.4, -0.2) is 15.0 Å². The maximum Gasteiger partial charge on any atom is 0.0991 e. The summed E-state index contributed by atoms with van der Waals surface area (Å²) in [6, 6.07) is 7.59. The van der Waals surface area contributed by atoms with Crippen molar-refractivity contribution in [1.82, 2.24) is 15.0 Å². The zero-order valence-electron chi connectivity index (χ0n) is 8.97. The van der Waals surface area contributed by atoms with Crippen molar-refractivity contribution in [1.29, 1.82) is 0 Å². The van der Waals surface area contributed by atoms with Crippen molar-refractivity contribution < 1.29 is 0 Å². The predicted molar refractivity (Wildman–Crippen MR) is 63.2 cm³/mol. The molecular weight excluding hydrogens is 224 g/mol. The van der Waals surface area contributed by atoms with Crippen LogP contribution >= 0.6 is 11.6 Å². The quantitative estimate of drug-likeness (QED) is 0.887. The Labute approximate surface area is 99.0 Å². The molecule has 1 atom stereocenters. The minimum Gasteiger partial charge on any atom is -0.323 e. The maximum atomic E-state index is 5.90. The SMILES string of the molecule is CC(N)c1cn(Cc2cccc(Cl)c2)nn1. The maximum absolute atomic E-state index is 5.90. The van der Waals surface area contributed by atoms with Gasteiger partial charge in [-0.05, 0) is 24.6 Å². The topological polar surface area (TPSA) is 56.7 Å². The Kier molecular flexibility index (Phi) is 3.22. The lowest BCUT2D eigenvalue weighted by Crippen LogP contribution is -2.05. The molecule has 1 aromatic heterocycles. The fraction of sp³-hybridized carbons (Fsp3) is 0.273. The Bertz CT molecular complexity index is 478. The molecule has 0 saturated carbocycles. The van der Waals surface area contributed by atoms with Crippen molar-refractivity contribution in [2.45, 2.75) is 19.5 Å². The molecule has 0 amide bonds. The summed E-state index contributed by atoms with van der Waals surface area (Å²) in [6.45, 7) is 2.54. The Morgan fingerprint density at radius 3 is 2.94 bits per heavy atom. The second kappa shape index (κ2) is 4.63. The van der Waals surface area contributed by atoms with Gasteiger partial charge >= 0.3 is 0 Å². The highest BCUT2D eigenvalue weighted by molar-refractivity contribution is 6.30. The number of benzene rings is 1. The molecule has 2 aromatic rings. The van der Waals surface area contributed by atoms with Crippen LogP contribution in [0, 0.1) is 0 Å². The number of nitrogens with two attached hydrogens (primary N) is 1. The van der Waals surface area contributed by atoms with E-state index in [0.29, 0.717) is 6.54 Å². The van der Waals surface area contributed by atoms with E-state index in [-0.39, 0.29) is 6.04 Å². The van der Waals surface area contributed by atoms with Crippen LogP contribution in [-0.2, 0) is 6.54 Å². The lowest BCUT2D eigenvalue weighted by molar-refractivity contribution is 0.648. The lowest BCUT2D eigenvalue weighted by Gasteiger charge is -2.01. The highest BCUT2D eigenvalue weighted by Gasteiger charge is 2.05. The fourth-order valence-electron chi connectivity index (χ4n) is 1.42. The van der Waals surface area contributed by atoms with Crippen LogP contribution in [0.25, 0.3) is 0 Å². The van der Waals surface area contributed by atoms with Gasteiger partial charge in [-0.2, -0.15) is 0 Å². The number of rotatable bonds is 3. The molecule has 2 N–H and O–H groups in total. The van der Waals surface area contributed by atoms with Crippen LogP contribution in [0.4, 0.5) is 0 Å². The van der Waals surface area contributed by atoms with Gasteiger partial charge in [0.15, 0.2) is 0 Å². The molecule has 0 bridgehead atoms. The second-order valence-corrected chi connectivity index (χ2v) is 4.20. The van der Waals surface area contributed by atoms with Crippen molar-refractivity contribution in [2.24, 2.45) is 5.73 Å². The van der Waals surface area contributed by atoms with E-state index in [0.717, 1.165) is 16.3 Å². The van der Waals surface area contributed by atoms with E-state index in [4.69, 9.17) is 17.3 Å². The monoisotopic (exact) mass is 236 g/mol. The first-order valence-corrected chi connectivity index (χ1v) is 5.43. The van der Waals surface area contributed by atoms with Gasteiger partial charge in [0.25, 0.3) is 0 Å². The van der Waals surface area contributed by atoms with Crippen molar-refractivity contribution in [3.05, 3.63) is 46.7 Å². The second-order valence-electron chi connectivity index (χ2n) is 3.76. The molecule has 0 aliphatic heterocycles. The van der Waals surface area contributed by atoms with E-state index in [2.05, 4.69) is 10.3 Å². The standard InChI is InChI=1S/C11H13ClN4/c1-8(13)11-7-16(15-14-11)6-9-3-2-4-10(12)5-9/h2-5,7-8H,6,13H2,1H3. The molecule has 16 heavy (non-hydrogen) atoms. The van der Waals surface area contributed by atoms with Gasteiger partial charge in [-0.3, -0.25) is 0 Å². The van der Waals surface area contributed by atoms with E-state index in [9.17, 15) is 0 Å². The molecule has 0 aliphatic carbocycles. The lowest BCUT2D eigenvalue weighted by atomic mass is 10.2. The molecular formula is C11H13ClN4. The Morgan fingerprint density at radius 1 is 1.50 bits per heavy atom. The van der Waals surface area contributed by atoms with Gasteiger partial charge in [-0.15, -0.1) is 5.10 Å². The van der Waals surface area contributed by atoms with Crippen LogP contribution in [0.5, 0.6) is 0 Å². The number of nitrogens with zero attached hydrogens (tertiary/aromatic N) is 3. The van der Waals surface area contributed by atoms with E-state index >= 15 is 0 Å². The number of halogens is 1. The summed E-state index contributed by atoms with van der Waals surface area (Å²) in [5.74, 6) is 0. The first-order valence-electron chi connectivity index (χ1n) is 5.05. The van der Waals surface area contributed by atoms with E-state index < -0.39 is 0 Å². The van der Waals surface area contributed by atoms with Gasteiger partial charge in [-0.1, -0.05) is 28.9 Å². The molecule has 2 rings (SSSR count). The van der Waals surface area contributed by atoms with Gasteiger partial charge in [0.1, 0.15) is 0 Å². The van der Waals surface area contributed by atoms with Crippen LogP contribution in [0.1, 0.15) is 24.2 Å². The Balaban J connectivity index is 2.14. The highest BCUT2D eigenvalue weighted by atomic mass is 35.5. The Hall–Kier alpha value is -1.39. The molecule has 4 nitrogen and oxygen atoms in total. The zero-order valence-corrected chi connectivity index (χ0v) is 9.72. The van der Waals surface area contributed by atoms with Crippen molar-refractivity contribution in [3.63, 3.8) is 0 Å². The van der Waals surface area contributed by atoms with Crippen LogP contribution in [0.15, 0.2) is 30.5 Å². The minimum atomic E-state index is -0.0897. The van der Waals surface area contributed by atoms with Gasteiger partial charge < -0.3 is 5.73 Å². The molecule has 0 saturated heterocycles. The largest absolute Gasteiger partial charge is 0.323 e. The van der Waals surface area contributed by atoms with E-state index in [1.54, 1.807) is 4.68 Å². The molecule has 0 radical (unpaired) electrons. The van der Waals surface area contributed by atoms with Gasteiger partial charge in [-0.25, -0.2) is 4.68 Å². The predicted octanol–water partition coefficient (Wildman–Crippen LogP) is 2.00. The summed E-state index contributed by atoms with van der Waals surface area (Å²) < 4.78 is 1.75. The molecule has 84 valence electrons. The Morgan fingerprint density at radius 2 is 2.31 bits per heavy atom. The molecule has 0 aliphatic rings. The number of aromatic nitrogens is 3. The molecule has 1 heterocycles. The summed E-state index contributed by atoms with van der Waals surface area (Å²) in [7, 11) is 0. The van der Waals surface area contributed by atoms with E-state index in [1.165, 1.54) is 0 Å². The molecule has 0 fully saturated rings. The summed E-state index contributed by atoms with van der Waals surface area (Å²) in [4.78, 5) is 0. The highest BCUT2D eigenvalue weighted by Crippen LogP contribution is 2.12. The average Bonchev–Trinajstić information content (AvgIpc) is 2.66. The minimum absolute atomic E-state index is 0.0897. The smallest absolute Gasteiger partial charge is 0.0991 e. The van der Waals surface area contributed by atoms with Crippen LogP contribution in [0.3, 0.4) is 0 Å². The molecule has 0 spiro atoms. The van der Waals surface area contributed by atoms with Crippen LogP contribution in [0.2, 0.25) is 5.02 Å². The fourth-order valence-corrected chi connectivity index (χ4v) is 1.63. The number of hydrogen-bond acceptors (Lipinski definition) is 3. The summed E-state index contributed by atoms with van der Waals surface area (Å²) in [5.41, 5.74) is 7.59. The van der Waals surface area contributed by atoms with E-state index in [1.807, 2.05) is 37.4 Å². The number of hydrogen-bond donors (Lipinski definition) is 1. The van der Waals surface area contributed by atoms with Crippen molar-refractivity contribution in [3.8, 4) is 0 Å². The third-order valence-corrected chi connectivity index (χ3v) is 2.49. The molecule has 1 aromatic carbocycles. The van der Waals surface area contributed by atoms with Crippen molar-refractivity contribution >= 4 is 11.6 Å². The molecule has 1 unspecified atom stereocenters. The van der Waals surface area contributed by atoms with Gasteiger partial charge in [0.05, 0.1) is 18.4 Å². The molecule has 5 heteroatoms. The summed E-state index contributed by atoms with van der Waals surface area (Å²) in [6.07, 6.45) is 1.85. The normalized spacial score (nSPS) is 12.7. The van der Waals surface area contributed by atoms with Gasteiger partial charge in [0, 0.05) is 11.1 Å². The first-order chi connectivity index (χ1) is 7.65. The third kappa shape index (κ3) is 2.59. The third-order valence-electron chi connectivity index (χ3n) is 2.26. The van der Waals surface area contributed by atoms with Crippen LogP contribution < -0.4 is 5.73 Å². The summed E-state index contributed by atoms with van der Waals surface area (Å²) >= 11 is 5.90. The zero-order chi connectivity index (χ0) is 11.5. The average molecular weight is 237 g/mol. The summed E-state index contributed by atoms with van der Waals surface area (Å²) in [5, 5.41) is 8.72. The van der Waals surface area contributed by atoms with Crippen molar-refractivity contribution in [2.75, 3.05) is 0 Å².